The molecule has 1 N–H and O–H groups in total. The number of hydrogen-bond donors (Lipinski definition) is 1. The molecule has 3 nitrogen and oxygen atoms in total. The molecule has 0 spiro atoms. The second-order valence-electron chi connectivity index (χ2n) is 5.74. The van der Waals surface area contributed by atoms with E-state index in [-0.39, 0.29) is 16.8 Å². The Balaban J connectivity index is 2.92. The number of benzene rings is 1. The van der Waals surface area contributed by atoms with E-state index in [1.807, 2.05) is 0 Å². The minimum absolute atomic E-state index is 0.000326. The number of rotatable bonds is 3. The van der Waals surface area contributed by atoms with Crippen molar-refractivity contribution in [2.45, 2.75) is 33.0 Å². The van der Waals surface area contributed by atoms with Crippen molar-refractivity contribution in [3.8, 4) is 11.1 Å². The predicted molar refractivity (Wildman–Crippen MR) is 88.4 cm³/mol. The molecule has 0 aliphatic heterocycles. The minimum atomic E-state index is -4.57. The summed E-state index contributed by atoms with van der Waals surface area (Å²) in [5, 5.41) is 2.91. The quantitative estimate of drug-likeness (QED) is 0.816. The van der Waals surface area contributed by atoms with Crippen molar-refractivity contribution in [1.82, 2.24) is 9.88 Å². The molecule has 0 saturated carbocycles. The van der Waals surface area contributed by atoms with Crippen molar-refractivity contribution in [2.24, 2.45) is 0 Å². The van der Waals surface area contributed by atoms with Crippen molar-refractivity contribution < 1.29 is 18.0 Å². The highest BCUT2D eigenvalue weighted by Crippen LogP contribution is 2.42. The van der Waals surface area contributed by atoms with E-state index in [9.17, 15) is 18.0 Å². The zero-order valence-corrected chi connectivity index (χ0v) is 14.5. The standard InChI is InChI=1S/C17H18ClF3N2O/c1-9(2)23-14(16(24)22-4)13(10(3)15(23)17(19,20)21)11-5-7-12(18)8-6-11/h5-9H,1-4H3,(H,22,24). The lowest BCUT2D eigenvalue weighted by Gasteiger charge is -2.18. The van der Waals surface area contributed by atoms with Crippen LogP contribution >= 0.6 is 11.6 Å². The number of nitrogens with one attached hydrogen (secondary N) is 1. The van der Waals surface area contributed by atoms with Gasteiger partial charge in [-0.25, -0.2) is 0 Å². The molecule has 130 valence electrons. The molecular weight excluding hydrogens is 341 g/mol. The maximum atomic E-state index is 13.6. The average Bonchev–Trinajstić information content (AvgIpc) is 2.81. The third-order valence-electron chi connectivity index (χ3n) is 3.81. The van der Waals surface area contributed by atoms with E-state index in [1.165, 1.54) is 14.0 Å². The van der Waals surface area contributed by atoms with Crippen molar-refractivity contribution in [3.05, 3.63) is 46.2 Å². The van der Waals surface area contributed by atoms with Crippen molar-refractivity contribution >= 4 is 17.5 Å². The molecule has 0 unspecified atom stereocenters. The van der Waals surface area contributed by atoms with Crippen LogP contribution in [0.1, 0.15) is 41.6 Å². The van der Waals surface area contributed by atoms with Crippen LogP contribution in [0.5, 0.6) is 0 Å². The fourth-order valence-electron chi connectivity index (χ4n) is 2.89. The molecule has 1 aromatic heterocycles. The smallest absolute Gasteiger partial charge is 0.354 e. The van der Waals surface area contributed by atoms with Gasteiger partial charge in [0.2, 0.25) is 0 Å². The van der Waals surface area contributed by atoms with E-state index in [4.69, 9.17) is 11.6 Å². The molecule has 0 radical (unpaired) electrons. The molecular formula is C17H18ClF3N2O. The average molecular weight is 359 g/mol. The Kier molecular flexibility index (Phi) is 4.99. The Morgan fingerprint density at radius 1 is 1.21 bits per heavy atom. The Bertz CT molecular complexity index is 762. The third-order valence-corrected chi connectivity index (χ3v) is 4.06. The number of hydrogen-bond acceptors (Lipinski definition) is 1. The normalized spacial score (nSPS) is 11.9. The number of aromatic nitrogens is 1. The van der Waals surface area contributed by atoms with E-state index in [2.05, 4.69) is 5.32 Å². The zero-order chi connectivity index (χ0) is 18.2. The van der Waals surface area contributed by atoms with E-state index < -0.39 is 23.8 Å². The maximum absolute atomic E-state index is 13.6. The van der Waals surface area contributed by atoms with Gasteiger partial charge >= 0.3 is 6.18 Å². The molecule has 0 aliphatic carbocycles. The molecule has 7 heteroatoms. The molecule has 2 rings (SSSR count). The summed E-state index contributed by atoms with van der Waals surface area (Å²) < 4.78 is 42.0. The molecule has 24 heavy (non-hydrogen) atoms. The van der Waals surface area contributed by atoms with E-state index in [1.54, 1.807) is 38.1 Å². The number of nitrogens with zero attached hydrogens (tertiary/aromatic N) is 1. The lowest BCUT2D eigenvalue weighted by atomic mass is 10.0. The SMILES string of the molecule is CNC(=O)c1c(-c2ccc(Cl)cc2)c(C)c(C(F)(F)F)n1C(C)C. The first-order valence-corrected chi connectivity index (χ1v) is 7.77. The van der Waals surface area contributed by atoms with Crippen molar-refractivity contribution in [1.29, 1.82) is 0 Å². The van der Waals surface area contributed by atoms with Crippen LogP contribution in [0, 0.1) is 6.92 Å². The van der Waals surface area contributed by atoms with Crippen molar-refractivity contribution in [3.63, 3.8) is 0 Å². The van der Waals surface area contributed by atoms with Gasteiger partial charge < -0.3 is 9.88 Å². The fourth-order valence-corrected chi connectivity index (χ4v) is 3.01. The highest BCUT2D eigenvalue weighted by Gasteiger charge is 2.41. The Hall–Kier alpha value is -1.95. The molecule has 0 fully saturated rings. The summed E-state index contributed by atoms with van der Waals surface area (Å²) in [6, 6.07) is 5.87. The molecule has 0 saturated heterocycles. The summed E-state index contributed by atoms with van der Waals surface area (Å²) in [5.41, 5.74) is 0.00487. The summed E-state index contributed by atoms with van der Waals surface area (Å²) in [5.74, 6) is -0.563. The first kappa shape index (κ1) is 18.4. The van der Waals surface area contributed by atoms with Crippen LogP contribution in [0.25, 0.3) is 11.1 Å². The van der Waals surface area contributed by atoms with Gasteiger partial charge in [-0.2, -0.15) is 13.2 Å². The molecule has 1 amide bonds. The Morgan fingerprint density at radius 2 is 1.75 bits per heavy atom. The van der Waals surface area contributed by atoms with Crippen LogP contribution in [-0.2, 0) is 6.18 Å². The van der Waals surface area contributed by atoms with Crippen LogP contribution in [0.15, 0.2) is 24.3 Å². The fraction of sp³-hybridized carbons (Fsp3) is 0.353. The molecule has 2 aromatic rings. The summed E-state index contributed by atoms with van der Waals surface area (Å²) in [6.45, 7) is 4.62. The second kappa shape index (κ2) is 6.51. The lowest BCUT2D eigenvalue weighted by molar-refractivity contribution is -0.144. The van der Waals surface area contributed by atoms with E-state index >= 15 is 0 Å². The van der Waals surface area contributed by atoms with Gasteiger partial charge in [0.25, 0.3) is 5.91 Å². The van der Waals surface area contributed by atoms with Gasteiger partial charge in [0.1, 0.15) is 11.4 Å². The maximum Gasteiger partial charge on any atom is 0.431 e. The number of carbonyl (C=O) groups excluding carboxylic acids is 1. The van der Waals surface area contributed by atoms with E-state index in [0.717, 1.165) is 4.57 Å². The third kappa shape index (κ3) is 3.15. The molecule has 1 heterocycles. The topological polar surface area (TPSA) is 34.0 Å². The first-order chi connectivity index (χ1) is 11.1. The van der Waals surface area contributed by atoms with Gasteiger partial charge in [-0.15, -0.1) is 0 Å². The summed E-state index contributed by atoms with van der Waals surface area (Å²) in [7, 11) is 1.40. The lowest BCUT2D eigenvalue weighted by Crippen LogP contribution is -2.25. The highest BCUT2D eigenvalue weighted by atomic mass is 35.5. The summed E-state index contributed by atoms with van der Waals surface area (Å²) in [6.07, 6.45) is -4.57. The van der Waals surface area contributed by atoms with Gasteiger partial charge in [-0.1, -0.05) is 23.7 Å². The Morgan fingerprint density at radius 3 is 2.17 bits per heavy atom. The number of halogens is 4. The summed E-state index contributed by atoms with van der Waals surface area (Å²) >= 11 is 5.86. The first-order valence-electron chi connectivity index (χ1n) is 7.39. The number of alkyl halides is 3. The summed E-state index contributed by atoms with van der Waals surface area (Å²) in [4.78, 5) is 12.4. The molecule has 0 atom stereocenters. The minimum Gasteiger partial charge on any atom is -0.354 e. The molecule has 1 aromatic carbocycles. The van der Waals surface area contributed by atoms with Crippen molar-refractivity contribution in [2.75, 3.05) is 7.05 Å². The highest BCUT2D eigenvalue weighted by molar-refractivity contribution is 6.30. The van der Waals surface area contributed by atoms with Crippen LogP contribution in [0.2, 0.25) is 5.02 Å². The second-order valence-corrected chi connectivity index (χ2v) is 6.18. The van der Waals surface area contributed by atoms with Gasteiger partial charge in [-0.05, 0) is 44.0 Å². The van der Waals surface area contributed by atoms with Gasteiger partial charge in [-0.3, -0.25) is 4.79 Å². The Labute approximate surface area is 143 Å². The number of amides is 1. The van der Waals surface area contributed by atoms with E-state index in [0.29, 0.717) is 10.6 Å². The van der Waals surface area contributed by atoms with Gasteiger partial charge in [0.05, 0.1) is 0 Å². The van der Waals surface area contributed by atoms with Crippen LogP contribution in [0.4, 0.5) is 13.2 Å². The van der Waals surface area contributed by atoms with Crippen LogP contribution < -0.4 is 5.32 Å². The zero-order valence-electron chi connectivity index (χ0n) is 13.8. The largest absolute Gasteiger partial charge is 0.431 e. The van der Waals surface area contributed by atoms with Gasteiger partial charge in [0, 0.05) is 23.7 Å². The predicted octanol–water partition coefficient (Wildman–Crippen LogP) is 5.08. The monoisotopic (exact) mass is 358 g/mol. The molecule has 0 aliphatic rings. The van der Waals surface area contributed by atoms with Crippen LogP contribution in [-0.4, -0.2) is 17.5 Å². The van der Waals surface area contributed by atoms with Crippen LogP contribution in [0.3, 0.4) is 0 Å². The van der Waals surface area contributed by atoms with Gasteiger partial charge in [0.15, 0.2) is 0 Å². The number of carbonyl (C=O) groups is 1. The molecule has 0 bridgehead atoms.